The summed E-state index contributed by atoms with van der Waals surface area (Å²) in [5.41, 5.74) is 1.27. The van der Waals surface area contributed by atoms with Crippen molar-refractivity contribution in [1.29, 1.82) is 0 Å². The van der Waals surface area contributed by atoms with Gasteiger partial charge >= 0.3 is 0 Å². The van der Waals surface area contributed by atoms with E-state index in [0.717, 1.165) is 19.4 Å². The summed E-state index contributed by atoms with van der Waals surface area (Å²) in [6.45, 7) is 1.73. The maximum absolute atomic E-state index is 11.3. The molecule has 0 heterocycles. The summed E-state index contributed by atoms with van der Waals surface area (Å²) in [7, 11) is 0. The van der Waals surface area contributed by atoms with Crippen LogP contribution in [0, 0.1) is 0 Å². The molecule has 0 aliphatic heterocycles. The average molecular weight is 247 g/mol. The summed E-state index contributed by atoms with van der Waals surface area (Å²) in [5, 5.41) is 9.19. The van der Waals surface area contributed by atoms with Gasteiger partial charge in [0.1, 0.15) is 5.78 Å². The number of Topliss-reactive ketones (excluding diaryl/α,β-unsaturated/α-hetero) is 1. The minimum atomic E-state index is 0.178. The molecule has 0 atom stereocenters. The first-order valence-electron chi connectivity index (χ1n) is 6.70. The van der Waals surface area contributed by atoms with E-state index in [1.165, 1.54) is 5.56 Å². The normalized spacial score (nSPS) is 17.3. The fourth-order valence-electron chi connectivity index (χ4n) is 2.63. The van der Waals surface area contributed by atoms with Crippen LogP contribution in [0.5, 0.6) is 0 Å². The van der Waals surface area contributed by atoms with Gasteiger partial charge in [0.2, 0.25) is 0 Å². The lowest BCUT2D eigenvalue weighted by molar-refractivity contribution is -0.121. The predicted molar refractivity (Wildman–Crippen MR) is 71.2 cm³/mol. The predicted octanol–water partition coefficient (Wildman–Crippen LogP) is 1.99. The Labute approximate surface area is 108 Å². The van der Waals surface area contributed by atoms with Crippen LogP contribution in [0.25, 0.3) is 0 Å². The molecule has 0 unspecified atom stereocenters. The van der Waals surface area contributed by atoms with Gasteiger partial charge in [0.25, 0.3) is 0 Å². The van der Waals surface area contributed by atoms with Crippen molar-refractivity contribution in [3.8, 4) is 0 Å². The van der Waals surface area contributed by atoms with Crippen LogP contribution in [0.3, 0.4) is 0 Å². The molecule has 2 rings (SSSR count). The highest BCUT2D eigenvalue weighted by molar-refractivity contribution is 5.79. The Morgan fingerprint density at radius 1 is 1.17 bits per heavy atom. The van der Waals surface area contributed by atoms with Crippen LogP contribution >= 0.6 is 0 Å². The van der Waals surface area contributed by atoms with E-state index in [0.29, 0.717) is 31.2 Å². The molecule has 1 aliphatic carbocycles. The van der Waals surface area contributed by atoms with Crippen molar-refractivity contribution in [2.24, 2.45) is 0 Å². The number of aliphatic hydroxyl groups excluding tert-OH is 1. The Balaban J connectivity index is 1.97. The van der Waals surface area contributed by atoms with Crippen molar-refractivity contribution in [2.45, 2.75) is 38.3 Å². The van der Waals surface area contributed by atoms with E-state index in [-0.39, 0.29) is 6.61 Å². The summed E-state index contributed by atoms with van der Waals surface area (Å²) < 4.78 is 0. The van der Waals surface area contributed by atoms with Gasteiger partial charge in [0.05, 0.1) is 6.61 Å². The largest absolute Gasteiger partial charge is 0.395 e. The third-order valence-electron chi connectivity index (χ3n) is 3.64. The zero-order valence-electron chi connectivity index (χ0n) is 10.7. The van der Waals surface area contributed by atoms with E-state index >= 15 is 0 Å². The first-order chi connectivity index (χ1) is 8.79. The molecule has 3 nitrogen and oxygen atoms in total. The molecule has 1 N–H and O–H groups in total. The molecule has 0 amide bonds. The van der Waals surface area contributed by atoms with Gasteiger partial charge in [-0.05, 0) is 18.4 Å². The van der Waals surface area contributed by atoms with Gasteiger partial charge in [-0.25, -0.2) is 0 Å². The van der Waals surface area contributed by atoms with Gasteiger partial charge in [-0.2, -0.15) is 0 Å². The van der Waals surface area contributed by atoms with Crippen molar-refractivity contribution < 1.29 is 9.90 Å². The zero-order valence-corrected chi connectivity index (χ0v) is 10.7. The molecular formula is C15H21NO2. The molecule has 0 saturated heterocycles. The molecule has 3 heteroatoms. The van der Waals surface area contributed by atoms with Crippen LogP contribution in [-0.4, -0.2) is 35.0 Å². The van der Waals surface area contributed by atoms with Crippen LogP contribution in [0.1, 0.15) is 31.2 Å². The summed E-state index contributed by atoms with van der Waals surface area (Å²) in [6, 6.07) is 10.7. The molecule has 0 bridgehead atoms. The number of carbonyl (C=O) groups is 1. The van der Waals surface area contributed by atoms with Crippen molar-refractivity contribution in [3.63, 3.8) is 0 Å². The molecule has 0 radical (unpaired) electrons. The number of carbonyl (C=O) groups excluding carboxylic acids is 1. The van der Waals surface area contributed by atoms with Crippen LogP contribution < -0.4 is 0 Å². The SMILES string of the molecule is O=C1CCC(N(CCO)Cc2ccccc2)CC1. The summed E-state index contributed by atoms with van der Waals surface area (Å²) >= 11 is 0. The number of rotatable bonds is 5. The van der Waals surface area contributed by atoms with Crippen molar-refractivity contribution in [1.82, 2.24) is 4.90 Å². The maximum Gasteiger partial charge on any atom is 0.133 e. The zero-order chi connectivity index (χ0) is 12.8. The number of hydrogen-bond acceptors (Lipinski definition) is 3. The third kappa shape index (κ3) is 3.65. The van der Waals surface area contributed by atoms with E-state index in [9.17, 15) is 9.90 Å². The Morgan fingerprint density at radius 3 is 2.44 bits per heavy atom. The fraction of sp³-hybridized carbons (Fsp3) is 0.533. The Kier molecular flexibility index (Phi) is 4.90. The van der Waals surface area contributed by atoms with Crippen molar-refractivity contribution in [2.75, 3.05) is 13.2 Å². The van der Waals surface area contributed by atoms with Gasteiger partial charge in [0.15, 0.2) is 0 Å². The monoisotopic (exact) mass is 247 g/mol. The van der Waals surface area contributed by atoms with E-state index in [2.05, 4.69) is 17.0 Å². The fourth-order valence-corrected chi connectivity index (χ4v) is 2.63. The van der Waals surface area contributed by atoms with E-state index in [4.69, 9.17) is 0 Å². The standard InChI is InChI=1S/C15H21NO2/c17-11-10-16(12-13-4-2-1-3-5-13)14-6-8-15(18)9-7-14/h1-5,14,17H,6-12H2. The van der Waals surface area contributed by atoms with Crippen molar-refractivity contribution in [3.05, 3.63) is 35.9 Å². The molecule has 1 fully saturated rings. The highest BCUT2D eigenvalue weighted by Gasteiger charge is 2.24. The molecule has 1 aromatic rings. The van der Waals surface area contributed by atoms with Crippen LogP contribution in [0.4, 0.5) is 0 Å². The van der Waals surface area contributed by atoms with E-state index in [1.54, 1.807) is 0 Å². The topological polar surface area (TPSA) is 40.5 Å². The quantitative estimate of drug-likeness (QED) is 0.865. The van der Waals surface area contributed by atoms with E-state index in [1.807, 2.05) is 18.2 Å². The highest BCUT2D eigenvalue weighted by atomic mass is 16.3. The van der Waals surface area contributed by atoms with Gasteiger partial charge in [-0.1, -0.05) is 30.3 Å². The second-order valence-electron chi connectivity index (χ2n) is 4.95. The minimum absolute atomic E-state index is 0.178. The highest BCUT2D eigenvalue weighted by Crippen LogP contribution is 2.22. The number of benzene rings is 1. The number of aliphatic hydroxyl groups is 1. The first-order valence-corrected chi connectivity index (χ1v) is 6.70. The molecule has 1 aromatic carbocycles. The van der Waals surface area contributed by atoms with Crippen LogP contribution in [-0.2, 0) is 11.3 Å². The summed E-state index contributed by atoms with van der Waals surface area (Å²) in [6.07, 6.45) is 3.26. The molecule has 1 saturated carbocycles. The Hall–Kier alpha value is -1.19. The van der Waals surface area contributed by atoms with Gasteiger partial charge in [-0.3, -0.25) is 9.69 Å². The van der Waals surface area contributed by atoms with Crippen molar-refractivity contribution >= 4 is 5.78 Å². The average Bonchev–Trinajstić information content (AvgIpc) is 2.40. The van der Waals surface area contributed by atoms with E-state index < -0.39 is 0 Å². The van der Waals surface area contributed by atoms with Gasteiger partial charge < -0.3 is 5.11 Å². The van der Waals surface area contributed by atoms with Gasteiger partial charge in [0, 0.05) is 32.0 Å². The molecule has 1 aliphatic rings. The van der Waals surface area contributed by atoms with Gasteiger partial charge in [-0.15, -0.1) is 0 Å². The van der Waals surface area contributed by atoms with Crippen LogP contribution in [0.15, 0.2) is 30.3 Å². The molecule has 18 heavy (non-hydrogen) atoms. The second kappa shape index (κ2) is 6.66. The lowest BCUT2D eigenvalue weighted by Crippen LogP contribution is -2.39. The maximum atomic E-state index is 11.3. The first kappa shape index (κ1) is 13.2. The molecule has 0 spiro atoms. The van der Waals surface area contributed by atoms with Crippen LogP contribution in [0.2, 0.25) is 0 Å². The number of nitrogens with zero attached hydrogens (tertiary/aromatic N) is 1. The summed E-state index contributed by atoms with van der Waals surface area (Å²) in [4.78, 5) is 13.6. The lowest BCUT2D eigenvalue weighted by Gasteiger charge is -2.33. The lowest BCUT2D eigenvalue weighted by atomic mass is 9.93. The minimum Gasteiger partial charge on any atom is -0.395 e. The number of ketones is 1. The third-order valence-corrected chi connectivity index (χ3v) is 3.64. The molecule has 0 aromatic heterocycles. The Morgan fingerprint density at radius 2 is 1.83 bits per heavy atom. The smallest absolute Gasteiger partial charge is 0.133 e. The molecule has 98 valence electrons. The Bertz CT molecular complexity index is 367. The summed E-state index contributed by atoms with van der Waals surface area (Å²) in [5.74, 6) is 0.384. The molecular weight excluding hydrogens is 226 g/mol. The second-order valence-corrected chi connectivity index (χ2v) is 4.95. The number of hydrogen-bond donors (Lipinski definition) is 1.